The minimum atomic E-state index is -3.81. The van der Waals surface area contributed by atoms with Gasteiger partial charge in [-0.1, -0.05) is 19.9 Å². The topological polar surface area (TPSA) is 66.4 Å². The molecule has 0 aliphatic heterocycles. The molecule has 2 N–H and O–H groups in total. The lowest BCUT2D eigenvalue weighted by Crippen LogP contribution is -2.41. The van der Waals surface area contributed by atoms with E-state index in [-0.39, 0.29) is 12.1 Å². The molecule has 0 saturated heterocycles. The summed E-state index contributed by atoms with van der Waals surface area (Å²) in [6, 6.07) is 2.75. The zero-order valence-electron chi connectivity index (χ0n) is 13.1. The highest BCUT2D eigenvalue weighted by Gasteiger charge is 2.24. The van der Waals surface area contributed by atoms with E-state index in [1.54, 1.807) is 6.92 Å². The number of hydrogen-bond donors (Lipinski definition) is 2. The first-order chi connectivity index (χ1) is 10.0. The molecule has 0 heterocycles. The molecule has 0 bridgehead atoms. The molecule has 0 radical (unpaired) electrons. The van der Waals surface area contributed by atoms with Crippen LogP contribution in [0.4, 0.5) is 8.78 Å². The number of nitrogens with one attached hydrogen (secondary N) is 1. The van der Waals surface area contributed by atoms with Crippen molar-refractivity contribution < 1.29 is 22.3 Å². The average molecular weight is 335 g/mol. The van der Waals surface area contributed by atoms with Crippen molar-refractivity contribution >= 4 is 10.0 Å². The highest BCUT2D eigenvalue weighted by Crippen LogP contribution is 2.17. The van der Waals surface area contributed by atoms with Crippen molar-refractivity contribution in [3.8, 4) is 0 Å². The second-order valence-corrected chi connectivity index (χ2v) is 8.05. The molecule has 126 valence electrons. The van der Waals surface area contributed by atoms with Crippen LogP contribution >= 0.6 is 0 Å². The van der Waals surface area contributed by atoms with Crippen LogP contribution in [0.3, 0.4) is 0 Å². The molecule has 0 fully saturated rings. The van der Waals surface area contributed by atoms with Crippen LogP contribution in [0.5, 0.6) is 0 Å². The summed E-state index contributed by atoms with van der Waals surface area (Å²) in [5, 5.41) is 10.1. The summed E-state index contributed by atoms with van der Waals surface area (Å²) in [7, 11) is -3.81. The molecule has 1 unspecified atom stereocenters. The van der Waals surface area contributed by atoms with E-state index in [9.17, 15) is 22.3 Å². The molecule has 0 spiro atoms. The Kier molecular flexibility index (Phi) is 6.46. The van der Waals surface area contributed by atoms with Crippen molar-refractivity contribution in [2.75, 3.05) is 6.54 Å². The number of benzene rings is 1. The van der Waals surface area contributed by atoms with Crippen LogP contribution in [-0.4, -0.2) is 25.7 Å². The lowest BCUT2D eigenvalue weighted by atomic mass is 9.96. The lowest BCUT2D eigenvalue weighted by Gasteiger charge is -2.24. The molecule has 1 rings (SSSR count). The van der Waals surface area contributed by atoms with Crippen LogP contribution < -0.4 is 4.72 Å². The van der Waals surface area contributed by atoms with Gasteiger partial charge < -0.3 is 5.11 Å². The van der Waals surface area contributed by atoms with E-state index < -0.39 is 33.0 Å². The number of rotatable bonds is 8. The highest BCUT2D eigenvalue weighted by atomic mass is 32.2. The van der Waals surface area contributed by atoms with E-state index in [0.29, 0.717) is 18.4 Å². The van der Waals surface area contributed by atoms with Crippen LogP contribution in [0, 0.1) is 17.6 Å². The van der Waals surface area contributed by atoms with Crippen molar-refractivity contribution in [3.05, 3.63) is 35.4 Å². The molecule has 7 heteroatoms. The molecule has 0 aliphatic rings. The number of halogens is 2. The van der Waals surface area contributed by atoms with Gasteiger partial charge in [0.05, 0.1) is 11.4 Å². The molecule has 4 nitrogen and oxygen atoms in total. The molecule has 0 aliphatic carbocycles. The summed E-state index contributed by atoms with van der Waals surface area (Å²) in [4.78, 5) is 0. The molecule has 1 aromatic rings. The summed E-state index contributed by atoms with van der Waals surface area (Å²) < 4.78 is 52.4. The SMILES string of the molecule is CC(C)CCC(C)(O)CNS(=O)(=O)Cc1ccc(F)cc1F. The summed E-state index contributed by atoms with van der Waals surface area (Å²) >= 11 is 0. The zero-order chi connectivity index (χ0) is 17.0. The number of hydrogen-bond acceptors (Lipinski definition) is 3. The minimum Gasteiger partial charge on any atom is -0.389 e. The van der Waals surface area contributed by atoms with Gasteiger partial charge in [-0.2, -0.15) is 0 Å². The van der Waals surface area contributed by atoms with Crippen molar-refractivity contribution in [2.45, 2.75) is 45.0 Å². The van der Waals surface area contributed by atoms with Gasteiger partial charge in [0.15, 0.2) is 0 Å². The van der Waals surface area contributed by atoms with E-state index in [0.717, 1.165) is 18.6 Å². The highest BCUT2D eigenvalue weighted by molar-refractivity contribution is 7.88. The third kappa shape index (κ3) is 6.81. The Bertz CT molecular complexity index is 601. The molecule has 0 saturated carbocycles. The van der Waals surface area contributed by atoms with E-state index in [1.807, 2.05) is 13.8 Å². The van der Waals surface area contributed by atoms with E-state index >= 15 is 0 Å². The first-order valence-electron chi connectivity index (χ1n) is 7.14. The normalized spacial score (nSPS) is 15.0. The third-order valence-corrected chi connectivity index (χ3v) is 4.57. The third-order valence-electron chi connectivity index (χ3n) is 3.29. The quantitative estimate of drug-likeness (QED) is 0.767. The van der Waals surface area contributed by atoms with Gasteiger partial charge in [-0.25, -0.2) is 21.9 Å². The van der Waals surface area contributed by atoms with Crippen LogP contribution in [0.15, 0.2) is 18.2 Å². The Morgan fingerprint density at radius 2 is 1.95 bits per heavy atom. The summed E-state index contributed by atoms with van der Waals surface area (Å²) in [5.41, 5.74) is -1.28. The van der Waals surface area contributed by atoms with Crippen LogP contribution in [0.2, 0.25) is 0 Å². The fraction of sp³-hybridized carbons (Fsp3) is 0.600. The van der Waals surface area contributed by atoms with E-state index in [2.05, 4.69) is 4.72 Å². The first kappa shape index (κ1) is 19.0. The van der Waals surface area contributed by atoms with Gasteiger partial charge in [0.1, 0.15) is 11.6 Å². The van der Waals surface area contributed by atoms with Gasteiger partial charge >= 0.3 is 0 Å². The van der Waals surface area contributed by atoms with E-state index in [1.165, 1.54) is 0 Å². The minimum absolute atomic E-state index is 0.115. The van der Waals surface area contributed by atoms with Crippen molar-refractivity contribution in [2.24, 2.45) is 5.92 Å². The zero-order valence-corrected chi connectivity index (χ0v) is 13.9. The lowest BCUT2D eigenvalue weighted by molar-refractivity contribution is 0.0506. The largest absolute Gasteiger partial charge is 0.389 e. The molecule has 1 aromatic carbocycles. The molecular formula is C15H23F2NO3S. The molecule has 1 atom stereocenters. The second kappa shape index (κ2) is 7.48. The van der Waals surface area contributed by atoms with Crippen LogP contribution in [0.1, 0.15) is 39.2 Å². The Morgan fingerprint density at radius 1 is 1.32 bits per heavy atom. The average Bonchev–Trinajstić information content (AvgIpc) is 2.38. The summed E-state index contributed by atoms with van der Waals surface area (Å²) in [6.45, 7) is 5.43. The van der Waals surface area contributed by atoms with Gasteiger partial charge in [-0.15, -0.1) is 0 Å². The van der Waals surface area contributed by atoms with Crippen LogP contribution in [-0.2, 0) is 15.8 Å². The van der Waals surface area contributed by atoms with Crippen molar-refractivity contribution in [3.63, 3.8) is 0 Å². The standard InChI is InChI=1S/C15H23F2NO3S/c1-11(2)6-7-15(3,19)10-18-22(20,21)9-12-4-5-13(16)8-14(12)17/h4-5,8,11,18-19H,6-7,9-10H2,1-3H3. The Labute approximate surface area is 130 Å². The molecule has 22 heavy (non-hydrogen) atoms. The molecule has 0 aromatic heterocycles. The fourth-order valence-electron chi connectivity index (χ4n) is 1.85. The Morgan fingerprint density at radius 3 is 2.50 bits per heavy atom. The number of sulfonamides is 1. The monoisotopic (exact) mass is 335 g/mol. The fourth-order valence-corrected chi connectivity index (χ4v) is 3.12. The summed E-state index contributed by atoms with van der Waals surface area (Å²) in [6.07, 6.45) is 1.22. The summed E-state index contributed by atoms with van der Waals surface area (Å²) in [5.74, 6) is -1.86. The Hall–Kier alpha value is -1.05. The van der Waals surface area contributed by atoms with E-state index in [4.69, 9.17) is 0 Å². The number of aliphatic hydroxyl groups is 1. The van der Waals surface area contributed by atoms with Crippen molar-refractivity contribution in [1.29, 1.82) is 0 Å². The second-order valence-electron chi connectivity index (χ2n) is 6.25. The van der Waals surface area contributed by atoms with Gasteiger partial charge in [-0.05, 0) is 31.7 Å². The Balaban J connectivity index is 2.64. The van der Waals surface area contributed by atoms with Gasteiger partial charge in [-0.3, -0.25) is 0 Å². The maximum atomic E-state index is 13.5. The first-order valence-corrected chi connectivity index (χ1v) is 8.80. The predicted molar refractivity (Wildman–Crippen MR) is 81.7 cm³/mol. The maximum absolute atomic E-state index is 13.5. The predicted octanol–water partition coefficient (Wildman–Crippen LogP) is 2.57. The van der Waals surface area contributed by atoms with Crippen LogP contribution in [0.25, 0.3) is 0 Å². The van der Waals surface area contributed by atoms with Gasteiger partial charge in [0.25, 0.3) is 0 Å². The molecule has 0 amide bonds. The van der Waals surface area contributed by atoms with Crippen molar-refractivity contribution in [1.82, 2.24) is 4.72 Å². The molecular weight excluding hydrogens is 312 g/mol. The smallest absolute Gasteiger partial charge is 0.215 e. The van der Waals surface area contributed by atoms with Gasteiger partial charge in [0.2, 0.25) is 10.0 Å². The maximum Gasteiger partial charge on any atom is 0.215 e. The van der Waals surface area contributed by atoms with Gasteiger partial charge in [0, 0.05) is 18.2 Å².